The summed E-state index contributed by atoms with van der Waals surface area (Å²) in [5, 5.41) is 3.16. The first-order chi connectivity index (χ1) is 7.20. The molecule has 0 atom stereocenters. The highest BCUT2D eigenvalue weighted by molar-refractivity contribution is 5.95. The van der Waals surface area contributed by atoms with Gasteiger partial charge in [0.05, 0.1) is 12.7 Å². The van der Waals surface area contributed by atoms with Gasteiger partial charge in [0.1, 0.15) is 5.82 Å². The quantitative estimate of drug-likeness (QED) is 0.775. The minimum Gasteiger partial charge on any atom is -0.465 e. The number of anilines is 1. The van der Waals surface area contributed by atoms with E-state index >= 15 is 0 Å². The molecular weight excluding hydrogens is 197 g/mol. The molecule has 1 saturated carbocycles. The van der Waals surface area contributed by atoms with Gasteiger partial charge in [0.2, 0.25) is 0 Å². The van der Waals surface area contributed by atoms with E-state index in [1.54, 1.807) is 6.07 Å². The second-order valence-electron chi connectivity index (χ2n) is 3.60. The van der Waals surface area contributed by atoms with Crippen molar-refractivity contribution in [1.29, 1.82) is 0 Å². The third-order valence-electron chi connectivity index (χ3n) is 2.32. The molecule has 1 aliphatic rings. The van der Waals surface area contributed by atoms with Gasteiger partial charge in [0.15, 0.2) is 0 Å². The molecule has 0 unspecified atom stereocenters. The lowest BCUT2D eigenvalue weighted by Gasteiger charge is -2.09. The number of carbonyl (C=O) groups is 1. The number of rotatable bonds is 3. The maximum Gasteiger partial charge on any atom is 0.340 e. The van der Waals surface area contributed by atoms with Crippen LogP contribution < -0.4 is 5.32 Å². The standard InChI is InChI=1S/C11H12FNO2/c1-15-11(14)9-6-7(12)2-5-10(9)13-8-3-4-8/h2,5-6,8,13H,3-4H2,1H3. The predicted octanol–water partition coefficient (Wildman–Crippen LogP) is 2.19. The molecule has 0 heterocycles. The SMILES string of the molecule is COC(=O)c1cc(F)ccc1NC1CC1. The first kappa shape index (κ1) is 9.96. The van der Waals surface area contributed by atoms with Crippen LogP contribution in [0.1, 0.15) is 23.2 Å². The molecule has 0 amide bonds. The second kappa shape index (κ2) is 3.88. The van der Waals surface area contributed by atoms with Crippen molar-refractivity contribution in [3.05, 3.63) is 29.6 Å². The van der Waals surface area contributed by atoms with Crippen molar-refractivity contribution in [3.63, 3.8) is 0 Å². The fourth-order valence-corrected chi connectivity index (χ4v) is 1.37. The van der Waals surface area contributed by atoms with Crippen molar-refractivity contribution in [1.82, 2.24) is 0 Å². The molecule has 0 radical (unpaired) electrons. The zero-order valence-corrected chi connectivity index (χ0v) is 8.42. The maximum atomic E-state index is 13.0. The van der Waals surface area contributed by atoms with Crippen molar-refractivity contribution < 1.29 is 13.9 Å². The van der Waals surface area contributed by atoms with Crippen LogP contribution in [-0.2, 0) is 4.74 Å². The third kappa shape index (κ3) is 2.26. The first-order valence-electron chi connectivity index (χ1n) is 4.85. The molecule has 0 aliphatic heterocycles. The highest BCUT2D eigenvalue weighted by Gasteiger charge is 2.23. The summed E-state index contributed by atoms with van der Waals surface area (Å²) < 4.78 is 17.5. The second-order valence-corrected chi connectivity index (χ2v) is 3.60. The third-order valence-corrected chi connectivity index (χ3v) is 2.32. The van der Waals surface area contributed by atoms with Crippen LogP contribution in [0.4, 0.5) is 10.1 Å². The Morgan fingerprint density at radius 3 is 2.87 bits per heavy atom. The van der Waals surface area contributed by atoms with Crippen molar-refractivity contribution in [2.24, 2.45) is 0 Å². The molecule has 1 aromatic rings. The molecular formula is C11H12FNO2. The van der Waals surface area contributed by atoms with Crippen LogP contribution in [0.15, 0.2) is 18.2 Å². The predicted molar refractivity (Wildman–Crippen MR) is 54.4 cm³/mol. The Kier molecular flexibility index (Phi) is 2.58. The summed E-state index contributed by atoms with van der Waals surface area (Å²) >= 11 is 0. The molecule has 1 N–H and O–H groups in total. The average molecular weight is 209 g/mol. The summed E-state index contributed by atoms with van der Waals surface area (Å²) in [7, 11) is 1.29. The number of ether oxygens (including phenoxy) is 1. The van der Waals surface area contributed by atoms with Crippen LogP contribution in [-0.4, -0.2) is 19.1 Å². The largest absolute Gasteiger partial charge is 0.465 e. The van der Waals surface area contributed by atoms with Gasteiger partial charge in [-0.15, -0.1) is 0 Å². The molecule has 0 spiro atoms. The molecule has 80 valence electrons. The van der Waals surface area contributed by atoms with Gasteiger partial charge in [-0.25, -0.2) is 9.18 Å². The van der Waals surface area contributed by atoms with E-state index in [4.69, 9.17) is 0 Å². The van der Waals surface area contributed by atoms with E-state index in [0.717, 1.165) is 12.8 Å². The van der Waals surface area contributed by atoms with E-state index in [2.05, 4.69) is 10.1 Å². The lowest BCUT2D eigenvalue weighted by Crippen LogP contribution is -2.09. The number of esters is 1. The highest BCUT2D eigenvalue weighted by atomic mass is 19.1. The van der Waals surface area contributed by atoms with Crippen LogP contribution in [0.25, 0.3) is 0 Å². The highest BCUT2D eigenvalue weighted by Crippen LogP contribution is 2.27. The van der Waals surface area contributed by atoms with E-state index in [1.807, 2.05) is 0 Å². The van der Waals surface area contributed by atoms with Gasteiger partial charge in [-0.05, 0) is 31.0 Å². The van der Waals surface area contributed by atoms with E-state index in [-0.39, 0.29) is 5.56 Å². The van der Waals surface area contributed by atoms with Crippen LogP contribution in [0.2, 0.25) is 0 Å². The zero-order chi connectivity index (χ0) is 10.8. The Hall–Kier alpha value is -1.58. The smallest absolute Gasteiger partial charge is 0.340 e. The lowest BCUT2D eigenvalue weighted by atomic mass is 10.1. The van der Waals surface area contributed by atoms with Gasteiger partial charge in [-0.2, -0.15) is 0 Å². The molecule has 2 rings (SSSR count). The van der Waals surface area contributed by atoms with Crippen molar-refractivity contribution in [3.8, 4) is 0 Å². The Morgan fingerprint density at radius 1 is 1.53 bits per heavy atom. The monoisotopic (exact) mass is 209 g/mol. The molecule has 1 aromatic carbocycles. The van der Waals surface area contributed by atoms with Gasteiger partial charge in [0.25, 0.3) is 0 Å². The minimum atomic E-state index is -0.516. The van der Waals surface area contributed by atoms with E-state index in [1.165, 1.54) is 19.2 Å². The molecule has 4 heteroatoms. The molecule has 1 aliphatic carbocycles. The Balaban J connectivity index is 2.29. The minimum absolute atomic E-state index is 0.254. The summed E-state index contributed by atoms with van der Waals surface area (Å²) in [5.41, 5.74) is 0.898. The summed E-state index contributed by atoms with van der Waals surface area (Å²) in [4.78, 5) is 11.4. The number of carbonyl (C=O) groups excluding carboxylic acids is 1. The molecule has 3 nitrogen and oxygen atoms in total. The Morgan fingerprint density at radius 2 is 2.27 bits per heavy atom. The molecule has 0 aromatic heterocycles. The van der Waals surface area contributed by atoms with E-state index < -0.39 is 11.8 Å². The fraction of sp³-hybridized carbons (Fsp3) is 0.364. The summed E-state index contributed by atoms with van der Waals surface area (Å²) in [6.07, 6.45) is 2.19. The number of methoxy groups -OCH3 is 1. The van der Waals surface area contributed by atoms with Crippen molar-refractivity contribution >= 4 is 11.7 Å². The maximum absolute atomic E-state index is 13.0. The summed E-state index contributed by atoms with van der Waals surface area (Å²) in [6, 6.07) is 4.51. The topological polar surface area (TPSA) is 38.3 Å². The molecule has 1 fully saturated rings. The summed E-state index contributed by atoms with van der Waals surface area (Å²) in [5.74, 6) is -0.950. The Bertz CT molecular complexity index is 388. The van der Waals surface area contributed by atoms with Gasteiger partial charge >= 0.3 is 5.97 Å². The van der Waals surface area contributed by atoms with Gasteiger partial charge in [0, 0.05) is 11.7 Å². The zero-order valence-electron chi connectivity index (χ0n) is 8.42. The normalized spacial score (nSPS) is 14.8. The number of halogens is 1. The van der Waals surface area contributed by atoms with Gasteiger partial charge in [-0.3, -0.25) is 0 Å². The van der Waals surface area contributed by atoms with E-state index in [9.17, 15) is 9.18 Å². The van der Waals surface area contributed by atoms with Crippen LogP contribution in [0.3, 0.4) is 0 Å². The van der Waals surface area contributed by atoms with Crippen LogP contribution >= 0.6 is 0 Å². The first-order valence-corrected chi connectivity index (χ1v) is 4.85. The molecule has 0 bridgehead atoms. The van der Waals surface area contributed by atoms with Crippen LogP contribution in [0, 0.1) is 5.82 Å². The Labute approximate surface area is 87.2 Å². The average Bonchev–Trinajstić information content (AvgIpc) is 3.03. The number of nitrogens with one attached hydrogen (secondary N) is 1. The molecule has 0 saturated heterocycles. The molecule has 15 heavy (non-hydrogen) atoms. The van der Waals surface area contributed by atoms with E-state index in [0.29, 0.717) is 11.7 Å². The number of benzene rings is 1. The number of hydrogen-bond acceptors (Lipinski definition) is 3. The lowest BCUT2D eigenvalue weighted by molar-refractivity contribution is 0.0601. The van der Waals surface area contributed by atoms with Crippen molar-refractivity contribution in [2.45, 2.75) is 18.9 Å². The van der Waals surface area contributed by atoms with Crippen LogP contribution in [0.5, 0.6) is 0 Å². The van der Waals surface area contributed by atoms with Gasteiger partial charge < -0.3 is 10.1 Å². The summed E-state index contributed by atoms with van der Waals surface area (Å²) in [6.45, 7) is 0. The van der Waals surface area contributed by atoms with Crippen molar-refractivity contribution in [2.75, 3.05) is 12.4 Å². The van der Waals surface area contributed by atoms with Gasteiger partial charge in [-0.1, -0.05) is 0 Å². The fourth-order valence-electron chi connectivity index (χ4n) is 1.37. The number of hydrogen-bond donors (Lipinski definition) is 1.